The van der Waals surface area contributed by atoms with Crippen molar-refractivity contribution >= 4 is 34.5 Å². The zero-order chi connectivity index (χ0) is 9.26. The van der Waals surface area contributed by atoms with Gasteiger partial charge < -0.3 is 0 Å². The fraction of sp³-hybridized carbons (Fsp3) is 0. The molecule has 2 aromatic rings. The van der Waals surface area contributed by atoms with Gasteiger partial charge in [-0.05, 0) is 11.4 Å². The third-order valence-electron chi connectivity index (χ3n) is 1.48. The van der Waals surface area contributed by atoms with Crippen LogP contribution in [0.3, 0.4) is 0 Å². The Morgan fingerprint density at radius 2 is 2.08 bits per heavy atom. The third kappa shape index (κ3) is 1.82. The zero-order valence-electron chi connectivity index (χ0n) is 6.37. The lowest BCUT2D eigenvalue weighted by atomic mass is 10.3. The summed E-state index contributed by atoms with van der Waals surface area (Å²) >= 11 is 13.2. The van der Waals surface area contributed by atoms with Crippen LogP contribution >= 0.6 is 34.5 Å². The molecule has 0 fully saturated rings. The maximum Gasteiger partial charge on any atom is 0.133 e. The van der Waals surface area contributed by atoms with Crippen molar-refractivity contribution < 1.29 is 0 Å². The molecule has 0 radical (unpaired) electrons. The Morgan fingerprint density at radius 1 is 1.23 bits per heavy atom. The van der Waals surface area contributed by atoms with Gasteiger partial charge in [-0.15, -0.1) is 11.3 Å². The summed E-state index contributed by atoms with van der Waals surface area (Å²) < 4.78 is 0. The first kappa shape index (κ1) is 8.94. The molecule has 0 saturated heterocycles. The molecule has 2 aromatic heterocycles. The molecular formula is C8H4Cl2N2S. The van der Waals surface area contributed by atoms with Crippen LogP contribution < -0.4 is 0 Å². The van der Waals surface area contributed by atoms with Crippen molar-refractivity contribution in [3.05, 3.63) is 34.0 Å². The molecule has 0 atom stereocenters. The van der Waals surface area contributed by atoms with Crippen LogP contribution in [0.15, 0.2) is 23.8 Å². The lowest BCUT2D eigenvalue weighted by molar-refractivity contribution is 1.18. The molecular weight excluding hydrogens is 227 g/mol. The molecule has 0 amide bonds. The van der Waals surface area contributed by atoms with Crippen molar-refractivity contribution in [2.45, 2.75) is 0 Å². The summed E-state index contributed by atoms with van der Waals surface area (Å²) in [7, 11) is 0. The standard InChI is InChI=1S/C8H4Cl2N2S/c9-5-1-2-13-8(5)6-3-7(10)12-4-11-6/h1-4H. The van der Waals surface area contributed by atoms with E-state index in [1.807, 2.05) is 11.4 Å². The van der Waals surface area contributed by atoms with Crippen molar-refractivity contribution in [1.82, 2.24) is 9.97 Å². The van der Waals surface area contributed by atoms with E-state index in [9.17, 15) is 0 Å². The summed E-state index contributed by atoms with van der Waals surface area (Å²) in [5.41, 5.74) is 0.764. The quantitative estimate of drug-likeness (QED) is 0.702. The number of rotatable bonds is 1. The van der Waals surface area contributed by atoms with Crippen molar-refractivity contribution in [2.75, 3.05) is 0 Å². The molecule has 2 nitrogen and oxygen atoms in total. The minimum Gasteiger partial charge on any atom is -0.235 e. The van der Waals surface area contributed by atoms with Crippen molar-refractivity contribution in [3.8, 4) is 10.6 Å². The molecule has 5 heteroatoms. The van der Waals surface area contributed by atoms with E-state index in [4.69, 9.17) is 23.2 Å². The second-order valence-electron chi connectivity index (χ2n) is 2.32. The van der Waals surface area contributed by atoms with E-state index in [0.29, 0.717) is 10.2 Å². The van der Waals surface area contributed by atoms with E-state index in [0.717, 1.165) is 10.6 Å². The summed E-state index contributed by atoms with van der Waals surface area (Å²) in [4.78, 5) is 8.79. The first-order chi connectivity index (χ1) is 6.27. The number of hydrogen-bond donors (Lipinski definition) is 0. The molecule has 2 rings (SSSR count). The summed E-state index contributed by atoms with van der Waals surface area (Å²) in [6.45, 7) is 0. The predicted octanol–water partition coefficient (Wildman–Crippen LogP) is 3.51. The highest BCUT2D eigenvalue weighted by Crippen LogP contribution is 2.32. The van der Waals surface area contributed by atoms with E-state index in [1.165, 1.54) is 17.7 Å². The average Bonchev–Trinajstić information content (AvgIpc) is 2.51. The predicted molar refractivity (Wildman–Crippen MR) is 55.4 cm³/mol. The van der Waals surface area contributed by atoms with Gasteiger partial charge in [-0.25, -0.2) is 9.97 Å². The molecule has 0 bridgehead atoms. The van der Waals surface area contributed by atoms with Crippen LogP contribution in [0, 0.1) is 0 Å². The molecule has 0 saturated carbocycles. The van der Waals surface area contributed by atoms with Crippen LogP contribution in [0.1, 0.15) is 0 Å². The Kier molecular flexibility index (Phi) is 2.49. The Bertz CT molecular complexity index is 428. The molecule has 0 aliphatic carbocycles. The van der Waals surface area contributed by atoms with Crippen molar-refractivity contribution in [2.24, 2.45) is 0 Å². The fourth-order valence-corrected chi connectivity index (χ4v) is 2.20. The smallest absolute Gasteiger partial charge is 0.133 e. The zero-order valence-corrected chi connectivity index (χ0v) is 8.70. The highest BCUT2D eigenvalue weighted by atomic mass is 35.5. The molecule has 0 spiro atoms. The Hall–Kier alpha value is -0.640. The summed E-state index contributed by atoms with van der Waals surface area (Å²) in [6, 6.07) is 3.52. The van der Waals surface area contributed by atoms with Crippen molar-refractivity contribution in [3.63, 3.8) is 0 Å². The van der Waals surface area contributed by atoms with Gasteiger partial charge >= 0.3 is 0 Å². The Balaban J connectivity index is 2.53. The monoisotopic (exact) mass is 230 g/mol. The van der Waals surface area contributed by atoms with Crippen LogP contribution in [-0.2, 0) is 0 Å². The first-order valence-electron chi connectivity index (χ1n) is 3.48. The Morgan fingerprint density at radius 3 is 2.69 bits per heavy atom. The van der Waals surface area contributed by atoms with Crippen LogP contribution in [0.4, 0.5) is 0 Å². The maximum absolute atomic E-state index is 5.93. The normalized spacial score (nSPS) is 10.3. The number of hydrogen-bond acceptors (Lipinski definition) is 3. The van der Waals surface area contributed by atoms with Gasteiger partial charge in [0.15, 0.2) is 0 Å². The molecule has 0 aromatic carbocycles. The molecule has 0 N–H and O–H groups in total. The van der Waals surface area contributed by atoms with Gasteiger partial charge in [-0.1, -0.05) is 23.2 Å². The summed E-state index contributed by atoms with van der Waals surface area (Å²) in [5, 5.41) is 3.03. The second kappa shape index (κ2) is 3.62. The van der Waals surface area contributed by atoms with E-state index in [-0.39, 0.29) is 0 Å². The topological polar surface area (TPSA) is 25.8 Å². The van der Waals surface area contributed by atoms with Gasteiger partial charge in [-0.2, -0.15) is 0 Å². The molecule has 0 aliphatic rings. The lowest BCUT2D eigenvalue weighted by Gasteiger charge is -1.96. The number of aromatic nitrogens is 2. The van der Waals surface area contributed by atoms with Gasteiger partial charge in [0.25, 0.3) is 0 Å². The largest absolute Gasteiger partial charge is 0.235 e. The minimum absolute atomic E-state index is 0.425. The van der Waals surface area contributed by atoms with E-state index in [1.54, 1.807) is 6.07 Å². The van der Waals surface area contributed by atoms with E-state index in [2.05, 4.69) is 9.97 Å². The van der Waals surface area contributed by atoms with Crippen LogP contribution in [0.5, 0.6) is 0 Å². The molecule has 2 heterocycles. The highest BCUT2D eigenvalue weighted by Gasteiger charge is 2.06. The summed E-state index contributed by atoms with van der Waals surface area (Å²) in [5.74, 6) is 0. The van der Waals surface area contributed by atoms with Crippen molar-refractivity contribution in [1.29, 1.82) is 0 Å². The SMILES string of the molecule is Clc1cc(-c2sccc2Cl)ncn1. The van der Waals surface area contributed by atoms with Gasteiger partial charge in [0.2, 0.25) is 0 Å². The highest BCUT2D eigenvalue weighted by molar-refractivity contribution is 7.14. The van der Waals surface area contributed by atoms with Gasteiger partial charge in [-0.3, -0.25) is 0 Å². The number of halogens is 2. The molecule has 66 valence electrons. The van der Waals surface area contributed by atoms with Gasteiger partial charge in [0.05, 0.1) is 15.6 Å². The average molecular weight is 231 g/mol. The third-order valence-corrected chi connectivity index (χ3v) is 3.05. The van der Waals surface area contributed by atoms with E-state index < -0.39 is 0 Å². The Labute approximate surface area is 89.2 Å². The summed E-state index contributed by atoms with van der Waals surface area (Å²) in [6.07, 6.45) is 1.42. The molecule has 0 aliphatic heterocycles. The number of thiophene rings is 1. The maximum atomic E-state index is 5.93. The van der Waals surface area contributed by atoms with Gasteiger partial charge in [0, 0.05) is 6.07 Å². The second-order valence-corrected chi connectivity index (χ2v) is 4.03. The van der Waals surface area contributed by atoms with Crippen LogP contribution in [-0.4, -0.2) is 9.97 Å². The first-order valence-corrected chi connectivity index (χ1v) is 5.12. The van der Waals surface area contributed by atoms with E-state index >= 15 is 0 Å². The number of nitrogens with zero attached hydrogens (tertiary/aromatic N) is 2. The van der Waals surface area contributed by atoms with Gasteiger partial charge in [0.1, 0.15) is 11.5 Å². The van der Waals surface area contributed by atoms with Crippen LogP contribution in [0.2, 0.25) is 10.2 Å². The minimum atomic E-state index is 0.425. The fourth-order valence-electron chi connectivity index (χ4n) is 0.934. The van der Waals surface area contributed by atoms with Crippen LogP contribution in [0.25, 0.3) is 10.6 Å². The molecule has 13 heavy (non-hydrogen) atoms. The lowest BCUT2D eigenvalue weighted by Crippen LogP contribution is -1.82. The molecule has 0 unspecified atom stereocenters.